The Balaban J connectivity index is 0.960. The molecule has 4 amide bonds. The van der Waals surface area contributed by atoms with Gasteiger partial charge in [-0.15, -0.1) is 0 Å². The first-order chi connectivity index (χ1) is 27.1. The summed E-state index contributed by atoms with van der Waals surface area (Å²) in [6, 6.07) is 16.0. The Morgan fingerprint density at radius 2 is 0.893 bits per heavy atom. The summed E-state index contributed by atoms with van der Waals surface area (Å²) in [6.07, 6.45) is 13.0. The minimum Gasteiger partial charge on any atom is -0.351 e. The lowest BCUT2D eigenvalue weighted by atomic mass is 10.0. The first-order valence-electron chi connectivity index (χ1n) is 19.9. The van der Waals surface area contributed by atoms with E-state index in [0.717, 1.165) is 45.7 Å². The van der Waals surface area contributed by atoms with Crippen LogP contribution in [-0.2, 0) is 14.1 Å². The van der Waals surface area contributed by atoms with Crippen LogP contribution in [0, 0.1) is 0 Å². The molecule has 0 atom stereocenters. The van der Waals surface area contributed by atoms with Gasteiger partial charge in [-0.05, 0) is 101 Å². The number of rotatable bonds is 15. The summed E-state index contributed by atoms with van der Waals surface area (Å²) >= 11 is 0. The van der Waals surface area contributed by atoms with E-state index in [-0.39, 0.29) is 29.4 Å². The molecule has 6 rings (SSSR count). The van der Waals surface area contributed by atoms with E-state index in [1.54, 1.807) is 96.3 Å². The van der Waals surface area contributed by atoms with Crippen LogP contribution in [0.3, 0.4) is 0 Å². The monoisotopic (exact) mass is 762 g/mol. The number of amides is 4. The predicted octanol–water partition coefficient (Wildman–Crippen LogP) is 5.31. The fraction of sp³-hybridized carbons (Fsp3) is 0.419. The molecule has 0 unspecified atom stereocenters. The Bertz CT molecular complexity index is 1980. The number of piperidine rings is 1. The zero-order chi connectivity index (χ0) is 39.4. The van der Waals surface area contributed by atoms with Crippen molar-refractivity contribution in [2.45, 2.75) is 51.4 Å². The molecular weight excluding hydrogens is 709 g/mol. The number of aryl methyl sites for hydroxylation is 2. The summed E-state index contributed by atoms with van der Waals surface area (Å²) in [5, 5.41) is 11.7. The van der Waals surface area contributed by atoms with Crippen LogP contribution in [0.5, 0.6) is 0 Å². The topological polar surface area (TPSA) is 150 Å². The van der Waals surface area contributed by atoms with Crippen molar-refractivity contribution in [2.24, 2.45) is 14.1 Å². The van der Waals surface area contributed by atoms with Crippen molar-refractivity contribution in [3.05, 3.63) is 107 Å². The summed E-state index contributed by atoms with van der Waals surface area (Å²) in [5.74, 6) is -1.38. The number of nitrogens with one attached hydrogen (secondary N) is 4. The predicted molar refractivity (Wildman–Crippen MR) is 218 cm³/mol. The number of hydrogen-bond acceptors (Lipinski definition) is 7. The number of benzene rings is 2. The first-order valence-corrected chi connectivity index (χ1v) is 19.9. The molecule has 0 bridgehead atoms. The van der Waals surface area contributed by atoms with Crippen LogP contribution in [0.15, 0.2) is 73.1 Å². The molecule has 4 aromatic rings. The molecule has 2 aromatic carbocycles. The van der Waals surface area contributed by atoms with Gasteiger partial charge in [0.15, 0.2) is 5.78 Å². The van der Waals surface area contributed by atoms with Crippen molar-refractivity contribution < 1.29 is 24.0 Å². The molecule has 2 saturated heterocycles. The molecule has 0 saturated carbocycles. The van der Waals surface area contributed by atoms with Crippen molar-refractivity contribution in [2.75, 3.05) is 63.0 Å². The van der Waals surface area contributed by atoms with Crippen LogP contribution < -0.4 is 21.3 Å². The Kier molecular flexibility index (Phi) is 13.9. The summed E-state index contributed by atoms with van der Waals surface area (Å²) in [4.78, 5) is 69.9. The fourth-order valence-corrected chi connectivity index (χ4v) is 7.39. The lowest BCUT2D eigenvalue weighted by Crippen LogP contribution is -2.36. The number of anilines is 2. The highest BCUT2D eigenvalue weighted by molar-refractivity contribution is 6.11. The maximum absolute atomic E-state index is 13.3. The minimum atomic E-state index is -0.368. The highest BCUT2D eigenvalue weighted by Gasteiger charge is 2.18. The van der Waals surface area contributed by atoms with E-state index in [1.807, 2.05) is 0 Å². The van der Waals surface area contributed by atoms with Gasteiger partial charge in [-0.1, -0.05) is 43.5 Å². The quantitative estimate of drug-likeness (QED) is 0.0948. The van der Waals surface area contributed by atoms with Gasteiger partial charge in [0, 0.05) is 68.4 Å². The van der Waals surface area contributed by atoms with Gasteiger partial charge >= 0.3 is 0 Å². The maximum Gasteiger partial charge on any atom is 0.268 e. The zero-order valence-electron chi connectivity index (χ0n) is 32.6. The van der Waals surface area contributed by atoms with Crippen molar-refractivity contribution in [1.82, 2.24) is 29.6 Å². The van der Waals surface area contributed by atoms with Gasteiger partial charge in [-0.25, -0.2) is 0 Å². The van der Waals surface area contributed by atoms with Crippen LogP contribution in [0.4, 0.5) is 11.4 Å². The van der Waals surface area contributed by atoms with Gasteiger partial charge in [0.25, 0.3) is 23.6 Å². The first kappa shape index (κ1) is 40.1. The summed E-state index contributed by atoms with van der Waals surface area (Å²) in [5.41, 5.74) is 3.37. The second-order valence-corrected chi connectivity index (χ2v) is 14.9. The molecule has 0 radical (unpaired) electrons. The normalized spacial score (nSPS) is 15.1. The standard InChI is InChI=1S/C43H54N8O5/c1-48-29-35(27-37(48)42(55)44-19-10-25-50-21-8-5-9-22-50)46-40(53)33-15-11-31(12-16-33)39(52)32-13-17-34(18-14-32)41(54)47-36-28-38(49(2)30-36)43(56)45-20-26-51-23-6-3-4-7-24-51/h11-18,27-30H,3-10,19-26H2,1-2H3,(H,44,55)(H,45,56)(H,46,53)(H,47,54). The van der Waals surface area contributed by atoms with Gasteiger partial charge in [-0.2, -0.15) is 0 Å². The Hall–Kier alpha value is -5.53. The molecule has 4 heterocycles. The molecule has 13 nitrogen and oxygen atoms in total. The highest BCUT2D eigenvalue weighted by atomic mass is 16.2. The summed E-state index contributed by atoms with van der Waals surface area (Å²) < 4.78 is 3.37. The smallest absolute Gasteiger partial charge is 0.268 e. The molecule has 2 aromatic heterocycles. The molecule has 2 aliphatic rings. The van der Waals surface area contributed by atoms with E-state index in [1.165, 1.54) is 44.9 Å². The number of nitrogens with zero attached hydrogens (tertiary/aromatic N) is 4. The third-order valence-corrected chi connectivity index (χ3v) is 10.6. The third kappa shape index (κ3) is 10.8. The zero-order valence-corrected chi connectivity index (χ0v) is 32.6. The largest absolute Gasteiger partial charge is 0.351 e. The van der Waals surface area contributed by atoms with Crippen molar-refractivity contribution in [3.8, 4) is 0 Å². The van der Waals surface area contributed by atoms with E-state index >= 15 is 0 Å². The van der Waals surface area contributed by atoms with E-state index in [4.69, 9.17) is 0 Å². The number of ketones is 1. The lowest BCUT2D eigenvalue weighted by molar-refractivity contribution is 0.0933. The van der Waals surface area contributed by atoms with E-state index in [2.05, 4.69) is 31.1 Å². The molecule has 56 heavy (non-hydrogen) atoms. The molecule has 4 N–H and O–H groups in total. The van der Waals surface area contributed by atoms with Crippen LogP contribution in [0.25, 0.3) is 0 Å². The van der Waals surface area contributed by atoms with Crippen LogP contribution >= 0.6 is 0 Å². The Morgan fingerprint density at radius 1 is 0.500 bits per heavy atom. The SMILES string of the molecule is Cn1cc(NC(=O)c2ccc(C(=O)c3ccc(C(=O)Nc4cc(C(=O)NCCN5CCCCCC5)n(C)c4)cc3)cc2)cc1C(=O)NCCCN1CCCCC1. The highest BCUT2D eigenvalue weighted by Crippen LogP contribution is 2.19. The van der Waals surface area contributed by atoms with Crippen molar-refractivity contribution in [1.29, 1.82) is 0 Å². The average Bonchev–Trinajstić information content (AvgIpc) is 3.65. The maximum atomic E-state index is 13.3. The van der Waals surface area contributed by atoms with Crippen LogP contribution in [-0.4, -0.2) is 101 Å². The Morgan fingerprint density at radius 3 is 1.36 bits per heavy atom. The molecule has 0 aliphatic carbocycles. The van der Waals surface area contributed by atoms with E-state index in [0.29, 0.717) is 58.1 Å². The molecule has 13 heteroatoms. The number of carbonyl (C=O) groups is 5. The number of likely N-dealkylation sites (tertiary alicyclic amines) is 2. The van der Waals surface area contributed by atoms with Crippen LogP contribution in [0.1, 0.15) is 109 Å². The molecule has 2 fully saturated rings. The fourth-order valence-electron chi connectivity index (χ4n) is 7.39. The average molecular weight is 763 g/mol. The van der Waals surface area contributed by atoms with Crippen molar-refractivity contribution >= 4 is 40.8 Å². The summed E-state index contributed by atoms with van der Waals surface area (Å²) in [6.45, 7) is 7.34. The van der Waals surface area contributed by atoms with Gasteiger partial charge in [0.1, 0.15) is 11.4 Å². The van der Waals surface area contributed by atoms with Crippen LogP contribution in [0.2, 0.25) is 0 Å². The van der Waals surface area contributed by atoms with Gasteiger partial charge in [0.2, 0.25) is 0 Å². The second kappa shape index (κ2) is 19.4. The van der Waals surface area contributed by atoms with E-state index in [9.17, 15) is 24.0 Å². The van der Waals surface area contributed by atoms with Crippen molar-refractivity contribution in [3.63, 3.8) is 0 Å². The van der Waals surface area contributed by atoms with Gasteiger partial charge < -0.3 is 40.2 Å². The number of aromatic nitrogens is 2. The Labute approximate surface area is 328 Å². The third-order valence-electron chi connectivity index (χ3n) is 10.6. The second-order valence-electron chi connectivity index (χ2n) is 14.9. The molecule has 2 aliphatic heterocycles. The lowest BCUT2D eigenvalue weighted by Gasteiger charge is -2.26. The van der Waals surface area contributed by atoms with E-state index < -0.39 is 0 Å². The van der Waals surface area contributed by atoms with Gasteiger partial charge in [-0.3, -0.25) is 24.0 Å². The van der Waals surface area contributed by atoms with Gasteiger partial charge in [0.05, 0.1) is 11.4 Å². The molecule has 296 valence electrons. The number of carbonyl (C=O) groups excluding carboxylic acids is 5. The summed E-state index contributed by atoms with van der Waals surface area (Å²) in [7, 11) is 3.52. The molecule has 0 spiro atoms. The minimum absolute atomic E-state index is 0.192. The number of hydrogen-bond donors (Lipinski definition) is 4. The molecular formula is C43H54N8O5.